The first-order valence-electron chi connectivity index (χ1n) is 5.87. The molecule has 1 aliphatic rings. The maximum Gasteiger partial charge on any atom is 0.352 e. The zero-order chi connectivity index (χ0) is 13.6. The van der Waals surface area contributed by atoms with Crippen LogP contribution in [0.4, 0.5) is 4.39 Å². The highest BCUT2D eigenvalue weighted by molar-refractivity contribution is 5.83. The first kappa shape index (κ1) is 14.3. The number of phenolic OH excluding ortho intramolecular Hbond substituents is 1. The average molecular weight is 256 g/mol. The van der Waals surface area contributed by atoms with Gasteiger partial charge in [0.15, 0.2) is 0 Å². The van der Waals surface area contributed by atoms with Crippen molar-refractivity contribution in [2.75, 3.05) is 6.86 Å². The fourth-order valence-electron chi connectivity index (χ4n) is 1.42. The summed E-state index contributed by atoms with van der Waals surface area (Å²) in [5, 5.41) is 9.22. The van der Waals surface area contributed by atoms with Crippen LogP contribution in [0.25, 0.3) is 0 Å². The summed E-state index contributed by atoms with van der Waals surface area (Å²) < 4.78 is 21.6. The molecule has 1 saturated carbocycles. The second-order valence-electron chi connectivity index (χ2n) is 3.63. The zero-order valence-corrected chi connectivity index (χ0v) is 10.5. The van der Waals surface area contributed by atoms with Crippen molar-refractivity contribution >= 4 is 5.97 Å². The molecule has 1 aromatic rings. The number of benzene rings is 1. The molecule has 0 radical (unpaired) electrons. The molecule has 1 aromatic carbocycles. The van der Waals surface area contributed by atoms with Gasteiger partial charge in [0, 0.05) is 18.9 Å². The quantitative estimate of drug-likeness (QED) is 0.841. The molecule has 2 rings (SSSR count). The van der Waals surface area contributed by atoms with E-state index >= 15 is 0 Å². The van der Waals surface area contributed by atoms with Gasteiger partial charge in [0.2, 0.25) is 12.5 Å². The number of hydrogen-bond donors (Lipinski definition) is 1. The summed E-state index contributed by atoms with van der Waals surface area (Å²) in [6.45, 7) is 2.85. The molecule has 0 spiro atoms. The van der Waals surface area contributed by atoms with Crippen molar-refractivity contribution in [3.63, 3.8) is 0 Å². The van der Waals surface area contributed by atoms with Crippen LogP contribution in [-0.4, -0.2) is 23.5 Å². The molecule has 0 aromatic heterocycles. The van der Waals surface area contributed by atoms with E-state index in [0.29, 0.717) is 18.6 Å². The van der Waals surface area contributed by atoms with Gasteiger partial charge in [-0.3, -0.25) is 0 Å². The molecule has 0 amide bonds. The Morgan fingerprint density at radius 3 is 2.61 bits per heavy atom. The van der Waals surface area contributed by atoms with E-state index in [1.165, 1.54) is 12.1 Å². The van der Waals surface area contributed by atoms with Crippen LogP contribution in [0.5, 0.6) is 11.5 Å². The van der Waals surface area contributed by atoms with Crippen LogP contribution in [0.3, 0.4) is 0 Å². The van der Waals surface area contributed by atoms with Crippen LogP contribution >= 0.6 is 0 Å². The molecule has 100 valence electrons. The number of carbonyl (C=O) groups excluding carboxylic acids is 1. The Bertz CT molecular complexity index is 402. The smallest absolute Gasteiger partial charge is 0.352 e. The van der Waals surface area contributed by atoms with E-state index < -0.39 is 18.4 Å². The van der Waals surface area contributed by atoms with E-state index in [2.05, 4.69) is 4.74 Å². The lowest BCUT2D eigenvalue weighted by Gasteiger charge is -2.15. The van der Waals surface area contributed by atoms with Gasteiger partial charge in [-0.15, -0.1) is 0 Å². The summed E-state index contributed by atoms with van der Waals surface area (Å²) in [6.07, 6.45) is 1.00. The molecule has 0 atom stereocenters. The summed E-state index contributed by atoms with van der Waals surface area (Å²) in [7, 11) is 0. The Hall–Kier alpha value is -1.78. The van der Waals surface area contributed by atoms with E-state index in [0.717, 1.165) is 0 Å². The van der Waals surface area contributed by atoms with Gasteiger partial charge in [0.05, 0.1) is 0 Å². The number of carbonyl (C=O) groups is 1. The number of alkyl halides is 1. The molecule has 0 heterocycles. The molecule has 5 heteroatoms. The van der Waals surface area contributed by atoms with Crippen molar-refractivity contribution in [3.05, 3.63) is 24.3 Å². The third-order valence-corrected chi connectivity index (χ3v) is 2.39. The highest BCUT2D eigenvalue weighted by atomic mass is 19.1. The minimum atomic E-state index is -1.15. The summed E-state index contributed by atoms with van der Waals surface area (Å²) in [4.78, 5) is 11.4. The Balaban J connectivity index is 0.000000771. The maximum atomic E-state index is 11.9. The average Bonchev–Trinajstić information content (AvgIpc) is 3.13. The SMILES string of the molecule is CC.O=C(OCF)C1(Oc2cccc(O)c2)CC1. The van der Waals surface area contributed by atoms with Gasteiger partial charge < -0.3 is 14.6 Å². The standard InChI is InChI=1S/C11H11FO4.C2H6/c12-7-15-10(14)11(4-5-11)16-9-3-1-2-8(13)6-9;1-2/h1-3,6,13H,4-5,7H2;1-2H3. The second kappa shape index (κ2) is 6.23. The summed E-state index contributed by atoms with van der Waals surface area (Å²) in [5.41, 5.74) is -1.06. The number of rotatable bonds is 4. The van der Waals surface area contributed by atoms with Crippen LogP contribution in [0.2, 0.25) is 0 Å². The first-order chi connectivity index (χ1) is 8.66. The van der Waals surface area contributed by atoms with Gasteiger partial charge in [0.25, 0.3) is 0 Å². The summed E-state index contributed by atoms with van der Waals surface area (Å²) >= 11 is 0. The Morgan fingerprint density at radius 2 is 2.11 bits per heavy atom. The van der Waals surface area contributed by atoms with Crippen LogP contribution in [0, 0.1) is 0 Å². The molecular weight excluding hydrogens is 239 g/mol. The van der Waals surface area contributed by atoms with Crippen molar-refractivity contribution in [2.45, 2.75) is 32.3 Å². The molecule has 1 aliphatic carbocycles. The van der Waals surface area contributed by atoms with Gasteiger partial charge in [-0.25, -0.2) is 9.18 Å². The Kier molecular flexibility index (Phi) is 4.95. The second-order valence-corrected chi connectivity index (χ2v) is 3.63. The van der Waals surface area contributed by atoms with E-state index in [4.69, 9.17) is 4.74 Å². The molecule has 4 nitrogen and oxygen atoms in total. The van der Waals surface area contributed by atoms with Crippen LogP contribution in [0.15, 0.2) is 24.3 Å². The highest BCUT2D eigenvalue weighted by Crippen LogP contribution is 2.41. The number of ether oxygens (including phenoxy) is 2. The fraction of sp³-hybridized carbons (Fsp3) is 0.462. The number of aromatic hydroxyl groups is 1. The number of esters is 1. The lowest BCUT2D eigenvalue weighted by Crippen LogP contribution is -2.31. The van der Waals surface area contributed by atoms with Gasteiger partial charge in [-0.2, -0.15) is 0 Å². The highest BCUT2D eigenvalue weighted by Gasteiger charge is 2.54. The van der Waals surface area contributed by atoms with Gasteiger partial charge >= 0.3 is 5.97 Å². The summed E-state index contributed by atoms with van der Waals surface area (Å²) in [6, 6.07) is 6.10. The largest absolute Gasteiger partial charge is 0.508 e. The number of phenols is 1. The first-order valence-corrected chi connectivity index (χ1v) is 5.87. The van der Waals surface area contributed by atoms with E-state index in [-0.39, 0.29) is 5.75 Å². The third-order valence-electron chi connectivity index (χ3n) is 2.39. The minimum absolute atomic E-state index is 0.0483. The molecule has 0 aliphatic heterocycles. The molecule has 0 unspecified atom stereocenters. The Morgan fingerprint density at radius 1 is 1.44 bits per heavy atom. The number of hydrogen-bond acceptors (Lipinski definition) is 4. The van der Waals surface area contributed by atoms with Gasteiger partial charge in [-0.1, -0.05) is 19.9 Å². The summed E-state index contributed by atoms with van der Waals surface area (Å²) in [5.74, 6) is -0.279. The molecule has 0 saturated heterocycles. The molecule has 1 N–H and O–H groups in total. The van der Waals surface area contributed by atoms with Crippen LogP contribution < -0.4 is 4.74 Å². The van der Waals surface area contributed by atoms with Crippen LogP contribution in [-0.2, 0) is 9.53 Å². The van der Waals surface area contributed by atoms with E-state index in [1.54, 1.807) is 12.1 Å². The van der Waals surface area contributed by atoms with E-state index in [1.807, 2.05) is 13.8 Å². The normalized spacial score (nSPS) is 15.1. The topological polar surface area (TPSA) is 55.8 Å². The predicted octanol–water partition coefficient (Wildman–Crippen LogP) is 2.80. The molecule has 1 fully saturated rings. The van der Waals surface area contributed by atoms with E-state index in [9.17, 15) is 14.3 Å². The van der Waals surface area contributed by atoms with Crippen molar-refractivity contribution in [3.8, 4) is 11.5 Å². The number of halogens is 1. The van der Waals surface area contributed by atoms with Crippen LogP contribution in [0.1, 0.15) is 26.7 Å². The fourth-order valence-corrected chi connectivity index (χ4v) is 1.42. The van der Waals surface area contributed by atoms with Crippen molar-refractivity contribution in [1.82, 2.24) is 0 Å². The Labute approximate surface area is 105 Å². The van der Waals surface area contributed by atoms with Crippen molar-refractivity contribution < 1.29 is 23.8 Å². The van der Waals surface area contributed by atoms with Gasteiger partial charge in [-0.05, 0) is 12.1 Å². The lowest BCUT2D eigenvalue weighted by atomic mass is 10.3. The monoisotopic (exact) mass is 256 g/mol. The third kappa shape index (κ3) is 3.35. The lowest BCUT2D eigenvalue weighted by molar-refractivity contribution is -0.158. The molecule has 0 bridgehead atoms. The van der Waals surface area contributed by atoms with Crippen molar-refractivity contribution in [1.29, 1.82) is 0 Å². The predicted molar refractivity (Wildman–Crippen MR) is 64.1 cm³/mol. The molecule has 18 heavy (non-hydrogen) atoms. The van der Waals surface area contributed by atoms with Crippen molar-refractivity contribution in [2.24, 2.45) is 0 Å². The minimum Gasteiger partial charge on any atom is -0.508 e. The van der Waals surface area contributed by atoms with Gasteiger partial charge in [0.1, 0.15) is 11.5 Å². The molecular formula is C13H17FO4. The maximum absolute atomic E-state index is 11.9. The zero-order valence-electron chi connectivity index (χ0n) is 10.5.